The summed E-state index contributed by atoms with van der Waals surface area (Å²) in [4.78, 5) is 0. The minimum atomic E-state index is 0.288. The van der Waals surface area contributed by atoms with Gasteiger partial charge in [0.25, 0.3) is 0 Å². The van der Waals surface area contributed by atoms with Crippen LogP contribution in [0.3, 0.4) is 0 Å². The second kappa shape index (κ2) is 6.07. The first-order valence-electron chi connectivity index (χ1n) is 8.25. The minimum Gasteiger partial charge on any atom is -0.491 e. The maximum absolute atomic E-state index is 5.89. The number of fused-ring (bicyclic) bond motifs is 2. The number of hydrogen-bond donors (Lipinski definition) is 1. The molecule has 2 fully saturated rings. The predicted molar refractivity (Wildman–Crippen MR) is 84.3 cm³/mol. The number of hydrogen-bond acceptors (Lipinski definition) is 2. The highest BCUT2D eigenvalue weighted by molar-refractivity contribution is 5.48. The standard InChI is InChI=1S/C18H27NO/c1-3-13(2)20-18-6-4-5-17(11-18)19-12-16-10-14-7-8-15(16)9-14/h4-6,11,13-16,19H,3,7-10,12H2,1-2H3. The van der Waals surface area contributed by atoms with E-state index in [0.29, 0.717) is 0 Å². The molecule has 2 aliphatic rings. The van der Waals surface area contributed by atoms with Crippen LogP contribution in [0, 0.1) is 17.8 Å². The Bertz CT molecular complexity index is 445. The van der Waals surface area contributed by atoms with Crippen LogP contribution >= 0.6 is 0 Å². The summed E-state index contributed by atoms with van der Waals surface area (Å²) in [5, 5.41) is 3.62. The highest BCUT2D eigenvalue weighted by atomic mass is 16.5. The van der Waals surface area contributed by atoms with Gasteiger partial charge in [-0.1, -0.05) is 19.4 Å². The highest BCUT2D eigenvalue weighted by Crippen LogP contribution is 2.48. The van der Waals surface area contributed by atoms with Crippen molar-refractivity contribution in [2.45, 2.75) is 52.1 Å². The van der Waals surface area contributed by atoms with Crippen molar-refractivity contribution in [3.63, 3.8) is 0 Å². The summed E-state index contributed by atoms with van der Waals surface area (Å²) in [7, 11) is 0. The summed E-state index contributed by atoms with van der Waals surface area (Å²) in [6.45, 7) is 5.41. The maximum Gasteiger partial charge on any atom is 0.121 e. The molecule has 110 valence electrons. The summed E-state index contributed by atoms with van der Waals surface area (Å²) in [5.74, 6) is 3.91. The highest BCUT2D eigenvalue weighted by Gasteiger charge is 2.38. The summed E-state index contributed by atoms with van der Waals surface area (Å²) in [5.41, 5.74) is 1.20. The molecule has 1 N–H and O–H groups in total. The Morgan fingerprint density at radius 3 is 2.90 bits per heavy atom. The smallest absolute Gasteiger partial charge is 0.121 e. The molecule has 2 heteroatoms. The first-order chi connectivity index (χ1) is 9.74. The van der Waals surface area contributed by atoms with Crippen LogP contribution in [0.25, 0.3) is 0 Å². The van der Waals surface area contributed by atoms with E-state index in [2.05, 4.69) is 43.4 Å². The van der Waals surface area contributed by atoms with Crippen LogP contribution in [0.4, 0.5) is 5.69 Å². The van der Waals surface area contributed by atoms with Gasteiger partial charge in [0.2, 0.25) is 0 Å². The zero-order valence-electron chi connectivity index (χ0n) is 12.8. The van der Waals surface area contributed by atoms with E-state index in [1.54, 1.807) is 0 Å². The van der Waals surface area contributed by atoms with Crippen molar-refractivity contribution in [1.29, 1.82) is 0 Å². The lowest BCUT2D eigenvalue weighted by molar-refractivity contribution is 0.217. The van der Waals surface area contributed by atoms with Crippen LogP contribution in [0.2, 0.25) is 0 Å². The van der Waals surface area contributed by atoms with Crippen molar-refractivity contribution < 1.29 is 4.74 Å². The third kappa shape index (κ3) is 3.11. The van der Waals surface area contributed by atoms with Gasteiger partial charge in [0.15, 0.2) is 0 Å². The molecule has 2 nitrogen and oxygen atoms in total. The first kappa shape index (κ1) is 13.8. The molecule has 3 rings (SSSR count). The maximum atomic E-state index is 5.89. The lowest BCUT2D eigenvalue weighted by Crippen LogP contribution is -2.20. The van der Waals surface area contributed by atoms with E-state index in [4.69, 9.17) is 4.74 Å². The third-order valence-corrected chi connectivity index (χ3v) is 5.20. The molecular weight excluding hydrogens is 246 g/mol. The fourth-order valence-corrected chi connectivity index (χ4v) is 3.87. The second-order valence-corrected chi connectivity index (χ2v) is 6.68. The predicted octanol–water partition coefficient (Wildman–Crippen LogP) is 4.71. The number of anilines is 1. The van der Waals surface area contributed by atoms with E-state index in [0.717, 1.165) is 36.5 Å². The molecule has 0 aliphatic heterocycles. The van der Waals surface area contributed by atoms with Crippen molar-refractivity contribution >= 4 is 5.69 Å². The lowest BCUT2D eigenvalue weighted by atomic mass is 9.89. The molecular formula is C18H27NO. The summed E-state index contributed by atoms with van der Waals surface area (Å²) < 4.78 is 5.89. The number of rotatable bonds is 6. The fraction of sp³-hybridized carbons (Fsp3) is 0.667. The normalized spacial score (nSPS) is 29.4. The topological polar surface area (TPSA) is 21.3 Å². The largest absolute Gasteiger partial charge is 0.491 e. The van der Waals surface area contributed by atoms with Gasteiger partial charge >= 0.3 is 0 Å². The van der Waals surface area contributed by atoms with Crippen LogP contribution in [-0.4, -0.2) is 12.6 Å². The molecule has 20 heavy (non-hydrogen) atoms. The number of ether oxygens (including phenoxy) is 1. The van der Waals surface area contributed by atoms with Crippen molar-refractivity contribution in [2.75, 3.05) is 11.9 Å². The van der Waals surface area contributed by atoms with Gasteiger partial charge < -0.3 is 10.1 Å². The molecule has 4 atom stereocenters. The number of nitrogens with one attached hydrogen (secondary N) is 1. The quantitative estimate of drug-likeness (QED) is 0.810. The van der Waals surface area contributed by atoms with Gasteiger partial charge in [-0.2, -0.15) is 0 Å². The summed E-state index contributed by atoms with van der Waals surface area (Å²) >= 11 is 0. The molecule has 2 saturated carbocycles. The average molecular weight is 273 g/mol. The molecule has 0 spiro atoms. The Morgan fingerprint density at radius 1 is 1.30 bits per heavy atom. The average Bonchev–Trinajstić information content (AvgIpc) is 3.08. The van der Waals surface area contributed by atoms with Gasteiger partial charge in [0.05, 0.1) is 6.10 Å². The van der Waals surface area contributed by atoms with E-state index in [-0.39, 0.29) is 6.10 Å². The van der Waals surface area contributed by atoms with Crippen LogP contribution in [0.15, 0.2) is 24.3 Å². The van der Waals surface area contributed by atoms with Crippen LogP contribution in [0.1, 0.15) is 46.0 Å². The van der Waals surface area contributed by atoms with E-state index < -0.39 is 0 Å². The van der Waals surface area contributed by atoms with Gasteiger partial charge in [-0.05, 0) is 62.5 Å². The Balaban J connectivity index is 1.53. The number of benzene rings is 1. The summed E-state index contributed by atoms with van der Waals surface area (Å²) in [6.07, 6.45) is 7.22. The molecule has 0 radical (unpaired) electrons. The molecule has 0 aromatic heterocycles. The zero-order valence-corrected chi connectivity index (χ0v) is 12.8. The first-order valence-corrected chi connectivity index (χ1v) is 8.25. The SMILES string of the molecule is CCC(C)Oc1cccc(NCC2CC3CCC2C3)c1. The van der Waals surface area contributed by atoms with Crippen LogP contribution < -0.4 is 10.1 Å². The van der Waals surface area contributed by atoms with Gasteiger partial charge in [-0.15, -0.1) is 0 Å². The minimum absolute atomic E-state index is 0.288. The van der Waals surface area contributed by atoms with Gasteiger partial charge in [-0.25, -0.2) is 0 Å². The van der Waals surface area contributed by atoms with E-state index in [9.17, 15) is 0 Å². The zero-order chi connectivity index (χ0) is 13.9. The second-order valence-electron chi connectivity index (χ2n) is 6.68. The van der Waals surface area contributed by atoms with Crippen molar-refractivity contribution in [3.8, 4) is 5.75 Å². The van der Waals surface area contributed by atoms with Crippen molar-refractivity contribution in [2.24, 2.45) is 17.8 Å². The Labute approximate surface area is 122 Å². The van der Waals surface area contributed by atoms with Gasteiger partial charge in [0.1, 0.15) is 5.75 Å². The van der Waals surface area contributed by atoms with Gasteiger partial charge in [-0.3, -0.25) is 0 Å². The molecule has 1 aromatic rings. The van der Waals surface area contributed by atoms with E-state index in [1.807, 2.05) is 0 Å². The Hall–Kier alpha value is -1.18. The molecule has 2 aliphatic carbocycles. The summed E-state index contributed by atoms with van der Waals surface area (Å²) in [6, 6.07) is 8.42. The third-order valence-electron chi connectivity index (χ3n) is 5.20. The van der Waals surface area contributed by atoms with Crippen molar-refractivity contribution in [3.05, 3.63) is 24.3 Å². The molecule has 2 bridgehead atoms. The monoisotopic (exact) mass is 273 g/mol. The Kier molecular flexibility index (Phi) is 4.18. The Morgan fingerprint density at radius 2 is 2.20 bits per heavy atom. The van der Waals surface area contributed by atoms with Crippen LogP contribution in [-0.2, 0) is 0 Å². The van der Waals surface area contributed by atoms with E-state index >= 15 is 0 Å². The lowest BCUT2D eigenvalue weighted by Gasteiger charge is -2.22. The molecule has 1 aromatic carbocycles. The molecule has 4 unspecified atom stereocenters. The van der Waals surface area contributed by atoms with E-state index in [1.165, 1.54) is 31.4 Å². The molecule has 0 amide bonds. The molecule has 0 heterocycles. The molecule has 0 saturated heterocycles. The fourth-order valence-electron chi connectivity index (χ4n) is 3.87. The van der Waals surface area contributed by atoms with Crippen LogP contribution in [0.5, 0.6) is 5.75 Å². The van der Waals surface area contributed by atoms with Gasteiger partial charge in [0, 0.05) is 18.3 Å². The van der Waals surface area contributed by atoms with Crippen molar-refractivity contribution in [1.82, 2.24) is 0 Å².